The zero-order valence-electron chi connectivity index (χ0n) is 17.8. The number of nitrogens with one attached hydrogen (secondary N) is 2. The van der Waals surface area contributed by atoms with Gasteiger partial charge in [-0.05, 0) is 42.3 Å². The van der Waals surface area contributed by atoms with Crippen molar-refractivity contribution in [2.24, 2.45) is 0 Å². The summed E-state index contributed by atoms with van der Waals surface area (Å²) in [5, 5.41) is 3.33. The van der Waals surface area contributed by atoms with Gasteiger partial charge in [-0.3, -0.25) is 9.59 Å². The largest absolute Gasteiger partial charge is 0.378 e. The fourth-order valence-corrected chi connectivity index (χ4v) is 4.14. The predicted octanol–water partition coefficient (Wildman–Crippen LogP) is 4.61. The molecule has 3 heterocycles. The van der Waals surface area contributed by atoms with Gasteiger partial charge in [-0.25, -0.2) is 0 Å². The van der Waals surface area contributed by atoms with Crippen LogP contribution >= 0.6 is 11.6 Å². The number of hydrogen-bond acceptors (Lipinski definition) is 3. The quantitative estimate of drug-likeness (QED) is 0.517. The molecule has 0 radical (unpaired) electrons. The fourth-order valence-electron chi connectivity index (χ4n) is 3.95. The Morgan fingerprint density at radius 2 is 2.00 bits per heavy atom. The summed E-state index contributed by atoms with van der Waals surface area (Å²) in [5.74, 6) is -0.334. The molecule has 0 aliphatic carbocycles. The molecule has 0 atom stereocenters. The highest BCUT2D eigenvalue weighted by molar-refractivity contribution is 6.39. The van der Waals surface area contributed by atoms with E-state index in [4.69, 9.17) is 16.3 Å². The van der Waals surface area contributed by atoms with Gasteiger partial charge in [0.25, 0.3) is 11.8 Å². The maximum absolute atomic E-state index is 13.1. The van der Waals surface area contributed by atoms with Crippen LogP contribution in [-0.2, 0) is 9.53 Å². The van der Waals surface area contributed by atoms with Crippen molar-refractivity contribution >= 4 is 46.3 Å². The number of hydrogen-bond donors (Lipinski definition) is 2. The van der Waals surface area contributed by atoms with Gasteiger partial charge in [0, 0.05) is 35.1 Å². The van der Waals surface area contributed by atoms with Crippen molar-refractivity contribution < 1.29 is 14.3 Å². The van der Waals surface area contributed by atoms with Gasteiger partial charge in [-0.15, -0.1) is 0 Å². The third-order valence-corrected chi connectivity index (χ3v) is 5.86. The van der Waals surface area contributed by atoms with Crippen LogP contribution < -0.4 is 5.32 Å². The Morgan fingerprint density at radius 1 is 1.25 bits per heavy atom. The summed E-state index contributed by atoms with van der Waals surface area (Å²) in [5.41, 5.74) is 5.09. The molecule has 4 rings (SSSR count). The maximum atomic E-state index is 13.1. The molecule has 0 unspecified atom stereocenters. The number of anilines is 1. The van der Waals surface area contributed by atoms with Crippen LogP contribution in [-0.4, -0.2) is 48.0 Å². The summed E-state index contributed by atoms with van der Waals surface area (Å²) in [6.07, 6.45) is 4.97. The second kappa shape index (κ2) is 9.02. The Morgan fingerprint density at radius 3 is 2.72 bits per heavy atom. The number of allylic oxidation sites excluding steroid dienone is 4. The molecule has 2 aromatic rings. The van der Waals surface area contributed by atoms with E-state index < -0.39 is 0 Å². The van der Waals surface area contributed by atoms with Gasteiger partial charge >= 0.3 is 0 Å². The standard InChI is InChI=1S/C25H24ClN3O3/c1-4-6-20(26)16(3)17-7-5-8-21-23(17)19(24(30)28-21)14-22-18(13-15(2)27-22)25(31)29-9-11-32-12-10-29/h4-8,13-14,27H,1,3,9-12H2,2H3,(H,28,30)/b19-14-,20-6+. The first-order chi connectivity index (χ1) is 15.4. The van der Waals surface area contributed by atoms with E-state index in [2.05, 4.69) is 23.5 Å². The normalized spacial score (nSPS) is 17.3. The number of ether oxygens (including phenoxy) is 1. The summed E-state index contributed by atoms with van der Waals surface area (Å²) in [4.78, 5) is 31.0. The van der Waals surface area contributed by atoms with Crippen molar-refractivity contribution in [2.75, 3.05) is 31.6 Å². The van der Waals surface area contributed by atoms with E-state index in [0.717, 1.165) is 11.3 Å². The number of aromatic nitrogens is 1. The van der Waals surface area contributed by atoms with Crippen LogP contribution in [0.1, 0.15) is 32.9 Å². The average Bonchev–Trinajstić information content (AvgIpc) is 3.32. The molecule has 0 spiro atoms. The van der Waals surface area contributed by atoms with Crippen LogP contribution in [0.4, 0.5) is 5.69 Å². The van der Waals surface area contributed by atoms with E-state index in [1.807, 2.05) is 31.2 Å². The van der Waals surface area contributed by atoms with Crippen LogP contribution in [0, 0.1) is 6.92 Å². The molecule has 1 fully saturated rings. The predicted molar refractivity (Wildman–Crippen MR) is 128 cm³/mol. The number of nitrogens with zero attached hydrogens (tertiary/aromatic N) is 1. The minimum atomic E-state index is -0.249. The van der Waals surface area contributed by atoms with Gasteiger partial charge < -0.3 is 19.9 Å². The topological polar surface area (TPSA) is 74.4 Å². The molecule has 7 heteroatoms. The molecule has 6 nitrogen and oxygen atoms in total. The molecular formula is C25H24ClN3O3. The first-order valence-corrected chi connectivity index (χ1v) is 10.7. The number of aryl methyl sites for hydroxylation is 1. The molecule has 2 aliphatic rings. The lowest BCUT2D eigenvalue weighted by Crippen LogP contribution is -2.40. The van der Waals surface area contributed by atoms with Crippen LogP contribution in [0.2, 0.25) is 0 Å². The summed E-state index contributed by atoms with van der Waals surface area (Å²) >= 11 is 6.37. The van der Waals surface area contributed by atoms with Crippen molar-refractivity contribution in [3.63, 3.8) is 0 Å². The van der Waals surface area contributed by atoms with Crippen LogP contribution in [0.25, 0.3) is 17.2 Å². The lowest BCUT2D eigenvalue weighted by atomic mass is 9.94. The Hall–Kier alpha value is -3.35. The number of aromatic amines is 1. The third kappa shape index (κ3) is 4.07. The molecule has 1 saturated heterocycles. The van der Waals surface area contributed by atoms with Crippen molar-refractivity contribution in [3.05, 3.63) is 82.7 Å². The van der Waals surface area contributed by atoms with Crippen molar-refractivity contribution in [3.8, 4) is 0 Å². The Labute approximate surface area is 191 Å². The number of rotatable bonds is 5. The molecule has 2 aliphatic heterocycles. The van der Waals surface area contributed by atoms with Crippen molar-refractivity contribution in [2.45, 2.75) is 6.92 Å². The molecule has 2 N–H and O–H groups in total. The number of morpholine rings is 1. The Kier molecular flexibility index (Phi) is 6.17. The highest BCUT2D eigenvalue weighted by Gasteiger charge is 2.29. The highest BCUT2D eigenvalue weighted by Crippen LogP contribution is 2.40. The fraction of sp³-hybridized carbons (Fsp3) is 0.200. The first kappa shape index (κ1) is 21.9. The number of benzene rings is 1. The zero-order valence-corrected chi connectivity index (χ0v) is 18.6. The Bertz CT molecular complexity index is 1180. The van der Waals surface area contributed by atoms with Crippen LogP contribution in [0.15, 0.2) is 54.6 Å². The smallest absolute Gasteiger partial charge is 0.256 e. The minimum absolute atomic E-state index is 0.0854. The summed E-state index contributed by atoms with van der Waals surface area (Å²) in [6, 6.07) is 7.35. The Balaban J connectivity index is 1.79. The van der Waals surface area contributed by atoms with Crippen molar-refractivity contribution in [1.29, 1.82) is 0 Å². The van der Waals surface area contributed by atoms with Gasteiger partial charge in [-0.1, -0.05) is 43.0 Å². The van der Waals surface area contributed by atoms with Gasteiger partial charge in [0.05, 0.1) is 30.0 Å². The van der Waals surface area contributed by atoms with E-state index in [-0.39, 0.29) is 11.8 Å². The molecule has 2 amide bonds. The van der Waals surface area contributed by atoms with Gasteiger partial charge in [0.1, 0.15) is 0 Å². The second-order valence-electron chi connectivity index (χ2n) is 7.65. The van der Waals surface area contributed by atoms with Crippen LogP contribution in [0.5, 0.6) is 0 Å². The minimum Gasteiger partial charge on any atom is -0.378 e. The average molecular weight is 450 g/mol. The van der Waals surface area contributed by atoms with E-state index in [0.29, 0.717) is 65.0 Å². The highest BCUT2D eigenvalue weighted by atomic mass is 35.5. The number of amides is 2. The molecular weight excluding hydrogens is 426 g/mol. The lowest BCUT2D eigenvalue weighted by Gasteiger charge is -2.26. The van der Waals surface area contributed by atoms with E-state index in [1.54, 1.807) is 23.1 Å². The number of carbonyl (C=O) groups is 2. The number of fused-ring (bicyclic) bond motifs is 1. The molecule has 0 bridgehead atoms. The van der Waals surface area contributed by atoms with E-state index in [9.17, 15) is 9.59 Å². The molecule has 164 valence electrons. The number of H-pyrrole nitrogens is 1. The molecule has 0 saturated carbocycles. The number of halogens is 1. The van der Waals surface area contributed by atoms with E-state index in [1.165, 1.54) is 0 Å². The summed E-state index contributed by atoms with van der Waals surface area (Å²) in [6.45, 7) is 11.8. The molecule has 1 aromatic carbocycles. The van der Waals surface area contributed by atoms with Gasteiger partial charge in [0.15, 0.2) is 0 Å². The summed E-state index contributed by atoms with van der Waals surface area (Å²) < 4.78 is 5.36. The molecule has 32 heavy (non-hydrogen) atoms. The lowest BCUT2D eigenvalue weighted by molar-refractivity contribution is -0.110. The third-order valence-electron chi connectivity index (χ3n) is 5.50. The summed E-state index contributed by atoms with van der Waals surface area (Å²) in [7, 11) is 0. The van der Waals surface area contributed by atoms with Crippen LogP contribution in [0.3, 0.4) is 0 Å². The number of carbonyl (C=O) groups excluding carboxylic acids is 2. The SMILES string of the molecule is C=C/C=C(/Cl)C(=C)c1cccc2c1/C(=C/c1[nH]c(C)cc1C(=O)N1CCOCC1)C(=O)N2. The van der Waals surface area contributed by atoms with Gasteiger partial charge in [-0.2, -0.15) is 0 Å². The van der Waals surface area contributed by atoms with Gasteiger partial charge in [0.2, 0.25) is 0 Å². The second-order valence-corrected chi connectivity index (χ2v) is 8.06. The molecule has 1 aromatic heterocycles. The maximum Gasteiger partial charge on any atom is 0.256 e. The monoisotopic (exact) mass is 449 g/mol. The van der Waals surface area contributed by atoms with Crippen molar-refractivity contribution in [1.82, 2.24) is 9.88 Å². The van der Waals surface area contributed by atoms with E-state index >= 15 is 0 Å². The first-order valence-electron chi connectivity index (χ1n) is 10.3. The zero-order chi connectivity index (χ0) is 22.8.